The third kappa shape index (κ3) is 3.04. The second-order valence-corrected chi connectivity index (χ2v) is 6.11. The Labute approximate surface area is 142 Å². The topological polar surface area (TPSA) is 49.4 Å². The molecule has 2 aromatic rings. The minimum Gasteiger partial charge on any atom is -0.350 e. The zero-order chi connectivity index (χ0) is 17.1. The first-order chi connectivity index (χ1) is 11.6. The lowest BCUT2D eigenvalue weighted by Gasteiger charge is -2.24. The van der Waals surface area contributed by atoms with Crippen molar-refractivity contribution < 1.29 is 9.59 Å². The summed E-state index contributed by atoms with van der Waals surface area (Å²) in [6.07, 6.45) is 0.956. The van der Waals surface area contributed by atoms with Crippen LogP contribution in [0.4, 0.5) is 5.69 Å². The van der Waals surface area contributed by atoms with Crippen LogP contribution >= 0.6 is 0 Å². The summed E-state index contributed by atoms with van der Waals surface area (Å²) >= 11 is 0. The van der Waals surface area contributed by atoms with Crippen molar-refractivity contribution in [1.82, 2.24) is 5.32 Å². The quantitative estimate of drug-likeness (QED) is 0.941. The van der Waals surface area contributed by atoms with Crippen molar-refractivity contribution >= 4 is 17.5 Å². The number of benzene rings is 2. The number of amides is 2. The van der Waals surface area contributed by atoms with E-state index < -0.39 is 6.04 Å². The Hall–Kier alpha value is -2.62. The van der Waals surface area contributed by atoms with Gasteiger partial charge in [0.2, 0.25) is 11.8 Å². The molecule has 1 atom stereocenters. The summed E-state index contributed by atoms with van der Waals surface area (Å²) < 4.78 is 0. The van der Waals surface area contributed by atoms with E-state index in [4.69, 9.17) is 0 Å². The van der Waals surface area contributed by atoms with Gasteiger partial charge in [-0.15, -0.1) is 0 Å². The van der Waals surface area contributed by atoms with Crippen LogP contribution in [0.2, 0.25) is 0 Å². The number of nitrogens with one attached hydrogen (secondary N) is 1. The molecule has 124 valence electrons. The van der Waals surface area contributed by atoms with Gasteiger partial charge in [0.25, 0.3) is 0 Å². The fourth-order valence-corrected chi connectivity index (χ4v) is 3.18. The first kappa shape index (κ1) is 16.2. The highest BCUT2D eigenvalue weighted by atomic mass is 16.2. The van der Waals surface area contributed by atoms with Crippen molar-refractivity contribution in [2.45, 2.75) is 39.3 Å². The molecule has 4 nitrogen and oxygen atoms in total. The van der Waals surface area contributed by atoms with Gasteiger partial charge in [0, 0.05) is 25.1 Å². The number of carbonyl (C=O) groups is 2. The SMILES string of the molecule is CCC(=O)N1c2ccccc2C[C@@H]1C(=O)NCc1ccccc1C. The van der Waals surface area contributed by atoms with Crippen LogP contribution in [-0.2, 0) is 22.6 Å². The second-order valence-electron chi connectivity index (χ2n) is 6.11. The minimum atomic E-state index is -0.459. The number of nitrogens with zero attached hydrogens (tertiary/aromatic N) is 1. The van der Waals surface area contributed by atoms with E-state index in [-0.39, 0.29) is 11.8 Å². The largest absolute Gasteiger partial charge is 0.350 e. The summed E-state index contributed by atoms with van der Waals surface area (Å²) in [5.74, 6) is -0.118. The highest BCUT2D eigenvalue weighted by molar-refractivity contribution is 6.03. The number of rotatable bonds is 4. The predicted octanol–water partition coefficient (Wildman–Crippen LogP) is 2.98. The summed E-state index contributed by atoms with van der Waals surface area (Å²) in [6.45, 7) is 4.33. The Bertz CT molecular complexity index is 770. The molecule has 2 amide bonds. The Kier molecular flexibility index (Phi) is 4.65. The second kappa shape index (κ2) is 6.87. The highest BCUT2D eigenvalue weighted by Gasteiger charge is 2.37. The molecular weight excluding hydrogens is 300 g/mol. The van der Waals surface area contributed by atoms with Crippen LogP contribution in [0.3, 0.4) is 0 Å². The van der Waals surface area contributed by atoms with Crippen molar-refractivity contribution in [1.29, 1.82) is 0 Å². The molecule has 0 aliphatic carbocycles. The number of fused-ring (bicyclic) bond motifs is 1. The van der Waals surface area contributed by atoms with E-state index >= 15 is 0 Å². The third-order valence-corrected chi connectivity index (χ3v) is 4.56. The van der Waals surface area contributed by atoms with Crippen molar-refractivity contribution in [3.05, 3.63) is 65.2 Å². The van der Waals surface area contributed by atoms with Gasteiger partial charge in [-0.05, 0) is 29.7 Å². The molecule has 3 rings (SSSR count). The van der Waals surface area contributed by atoms with Gasteiger partial charge < -0.3 is 5.32 Å². The molecule has 4 heteroatoms. The van der Waals surface area contributed by atoms with Crippen LogP contribution in [0.15, 0.2) is 48.5 Å². The molecule has 0 unspecified atom stereocenters. The molecule has 0 bridgehead atoms. The summed E-state index contributed by atoms with van der Waals surface area (Å²) in [7, 11) is 0. The van der Waals surface area contributed by atoms with E-state index in [1.165, 1.54) is 0 Å². The average molecular weight is 322 g/mol. The Balaban J connectivity index is 1.77. The van der Waals surface area contributed by atoms with Crippen molar-refractivity contribution in [3.8, 4) is 0 Å². The van der Waals surface area contributed by atoms with Crippen LogP contribution in [0.5, 0.6) is 0 Å². The molecule has 0 saturated heterocycles. The molecule has 1 heterocycles. The van der Waals surface area contributed by atoms with E-state index in [0.29, 0.717) is 19.4 Å². The fraction of sp³-hybridized carbons (Fsp3) is 0.300. The van der Waals surface area contributed by atoms with E-state index in [0.717, 1.165) is 22.4 Å². The highest BCUT2D eigenvalue weighted by Crippen LogP contribution is 2.32. The number of carbonyl (C=O) groups excluding carboxylic acids is 2. The van der Waals surface area contributed by atoms with Gasteiger partial charge in [-0.1, -0.05) is 49.4 Å². The van der Waals surface area contributed by atoms with Gasteiger partial charge in [0.15, 0.2) is 0 Å². The van der Waals surface area contributed by atoms with Crippen molar-refractivity contribution in [2.24, 2.45) is 0 Å². The van der Waals surface area contributed by atoms with E-state index in [9.17, 15) is 9.59 Å². The summed E-state index contributed by atoms with van der Waals surface area (Å²) in [5, 5.41) is 2.99. The maximum absolute atomic E-state index is 12.7. The Morgan fingerprint density at radius 3 is 2.58 bits per heavy atom. The van der Waals surface area contributed by atoms with E-state index in [1.807, 2.05) is 62.4 Å². The lowest BCUT2D eigenvalue weighted by Crippen LogP contribution is -2.47. The maximum Gasteiger partial charge on any atom is 0.243 e. The maximum atomic E-state index is 12.7. The molecule has 0 fully saturated rings. The number of hydrogen-bond donors (Lipinski definition) is 1. The van der Waals surface area contributed by atoms with Gasteiger partial charge in [0.1, 0.15) is 6.04 Å². The third-order valence-electron chi connectivity index (χ3n) is 4.56. The molecule has 0 radical (unpaired) electrons. The standard InChI is InChI=1S/C20H22N2O2/c1-3-19(23)22-17-11-7-6-9-15(17)12-18(22)20(24)21-13-16-10-5-4-8-14(16)2/h4-11,18H,3,12-13H2,1-2H3,(H,21,24)/t18-/m1/s1. The van der Waals surface area contributed by atoms with Crippen LogP contribution in [0.25, 0.3) is 0 Å². The molecule has 1 aliphatic rings. The molecular formula is C20H22N2O2. The Morgan fingerprint density at radius 1 is 1.12 bits per heavy atom. The predicted molar refractivity (Wildman–Crippen MR) is 94.7 cm³/mol. The number of aryl methyl sites for hydroxylation is 1. The molecule has 0 spiro atoms. The molecule has 0 aromatic heterocycles. The first-order valence-corrected chi connectivity index (χ1v) is 8.34. The summed E-state index contributed by atoms with van der Waals surface area (Å²) in [5.41, 5.74) is 4.15. The average Bonchev–Trinajstić information content (AvgIpc) is 2.99. The Morgan fingerprint density at radius 2 is 1.83 bits per heavy atom. The molecule has 1 N–H and O–H groups in total. The summed E-state index contributed by atoms with van der Waals surface area (Å²) in [6, 6.07) is 15.3. The van der Waals surface area contributed by atoms with Crippen LogP contribution in [-0.4, -0.2) is 17.9 Å². The van der Waals surface area contributed by atoms with Crippen molar-refractivity contribution in [2.75, 3.05) is 4.90 Å². The fourth-order valence-electron chi connectivity index (χ4n) is 3.18. The first-order valence-electron chi connectivity index (χ1n) is 8.34. The molecule has 1 aliphatic heterocycles. The number of hydrogen-bond acceptors (Lipinski definition) is 2. The summed E-state index contributed by atoms with van der Waals surface area (Å²) in [4.78, 5) is 26.7. The normalized spacial score (nSPS) is 15.9. The van der Waals surface area contributed by atoms with E-state index in [2.05, 4.69) is 5.32 Å². The molecule has 24 heavy (non-hydrogen) atoms. The monoisotopic (exact) mass is 322 g/mol. The lowest BCUT2D eigenvalue weighted by atomic mass is 10.1. The minimum absolute atomic E-state index is 0.0176. The van der Waals surface area contributed by atoms with Crippen LogP contribution in [0, 0.1) is 6.92 Å². The number of anilines is 1. The van der Waals surface area contributed by atoms with Gasteiger partial charge >= 0.3 is 0 Å². The zero-order valence-corrected chi connectivity index (χ0v) is 14.1. The van der Waals surface area contributed by atoms with Gasteiger partial charge in [-0.3, -0.25) is 14.5 Å². The van der Waals surface area contributed by atoms with Crippen LogP contribution in [0.1, 0.15) is 30.0 Å². The van der Waals surface area contributed by atoms with Crippen molar-refractivity contribution in [3.63, 3.8) is 0 Å². The van der Waals surface area contributed by atoms with Crippen LogP contribution < -0.4 is 10.2 Å². The number of para-hydroxylation sites is 1. The lowest BCUT2D eigenvalue weighted by molar-refractivity contribution is -0.126. The molecule has 0 saturated carbocycles. The molecule has 2 aromatic carbocycles. The van der Waals surface area contributed by atoms with Gasteiger partial charge in [0.05, 0.1) is 0 Å². The van der Waals surface area contributed by atoms with Gasteiger partial charge in [-0.25, -0.2) is 0 Å². The van der Waals surface area contributed by atoms with Gasteiger partial charge in [-0.2, -0.15) is 0 Å². The zero-order valence-electron chi connectivity index (χ0n) is 14.1. The van der Waals surface area contributed by atoms with E-state index in [1.54, 1.807) is 4.90 Å². The smallest absolute Gasteiger partial charge is 0.243 e.